The van der Waals surface area contributed by atoms with Crippen molar-refractivity contribution in [3.05, 3.63) is 0 Å². The fourth-order valence-corrected chi connectivity index (χ4v) is 2.46. The van der Waals surface area contributed by atoms with Gasteiger partial charge < -0.3 is 5.32 Å². The maximum Gasteiger partial charge on any atom is 0.0638 e. The van der Waals surface area contributed by atoms with Crippen molar-refractivity contribution < 1.29 is 0 Å². The molecule has 1 saturated carbocycles. The topological polar surface area (TPSA) is 39.1 Å². The van der Waals surface area contributed by atoms with E-state index < -0.39 is 0 Å². The van der Waals surface area contributed by atoms with Gasteiger partial charge in [0.1, 0.15) is 0 Å². The average molecular weight is 221 g/mol. The molecule has 0 bridgehead atoms. The summed E-state index contributed by atoms with van der Waals surface area (Å²) in [5, 5.41) is 12.4. The van der Waals surface area contributed by atoms with Crippen molar-refractivity contribution in [2.75, 3.05) is 19.6 Å². The molecule has 1 heterocycles. The first-order chi connectivity index (χ1) is 7.79. The van der Waals surface area contributed by atoms with Gasteiger partial charge in [-0.3, -0.25) is 4.90 Å². The lowest BCUT2D eigenvalue weighted by molar-refractivity contribution is 0.153. The molecule has 1 saturated heterocycles. The molecule has 0 aromatic rings. The molecular weight excluding hydrogens is 198 g/mol. The van der Waals surface area contributed by atoms with Gasteiger partial charge in [-0.15, -0.1) is 0 Å². The lowest BCUT2D eigenvalue weighted by Gasteiger charge is -2.35. The van der Waals surface area contributed by atoms with E-state index in [1.54, 1.807) is 0 Å². The van der Waals surface area contributed by atoms with Gasteiger partial charge in [0.05, 0.1) is 12.5 Å². The normalized spacial score (nSPS) is 25.2. The zero-order valence-electron chi connectivity index (χ0n) is 10.3. The van der Waals surface area contributed by atoms with Crippen molar-refractivity contribution in [2.45, 2.75) is 51.1 Å². The van der Waals surface area contributed by atoms with Crippen LogP contribution in [-0.2, 0) is 0 Å². The predicted octanol–water partition coefficient (Wildman–Crippen LogP) is 1.75. The summed E-state index contributed by atoms with van der Waals surface area (Å²) in [4.78, 5) is 2.46. The summed E-state index contributed by atoms with van der Waals surface area (Å²) in [5.41, 5.74) is 0. The Kier molecular flexibility index (Phi) is 4.20. The third kappa shape index (κ3) is 3.47. The van der Waals surface area contributed by atoms with Crippen molar-refractivity contribution in [1.82, 2.24) is 10.2 Å². The van der Waals surface area contributed by atoms with Gasteiger partial charge in [0, 0.05) is 12.1 Å². The van der Waals surface area contributed by atoms with Crippen LogP contribution in [0.3, 0.4) is 0 Å². The van der Waals surface area contributed by atoms with Crippen LogP contribution in [0.25, 0.3) is 0 Å². The Morgan fingerprint density at radius 2 is 2.00 bits per heavy atom. The summed E-state index contributed by atoms with van der Waals surface area (Å²) in [7, 11) is 0. The highest BCUT2D eigenvalue weighted by molar-refractivity contribution is 4.86. The molecule has 0 radical (unpaired) electrons. The molecule has 0 aromatic heterocycles. The van der Waals surface area contributed by atoms with Crippen LogP contribution in [0.2, 0.25) is 0 Å². The summed E-state index contributed by atoms with van der Waals surface area (Å²) < 4.78 is 0. The molecule has 3 nitrogen and oxygen atoms in total. The summed E-state index contributed by atoms with van der Waals surface area (Å²) in [6.45, 7) is 5.72. The van der Waals surface area contributed by atoms with E-state index in [1.165, 1.54) is 32.2 Å². The molecule has 2 rings (SSSR count). The second-order valence-electron chi connectivity index (χ2n) is 5.37. The van der Waals surface area contributed by atoms with Crippen LogP contribution >= 0.6 is 0 Å². The molecular formula is C13H23N3. The van der Waals surface area contributed by atoms with Crippen LogP contribution < -0.4 is 5.32 Å². The maximum absolute atomic E-state index is 8.68. The second kappa shape index (κ2) is 5.65. The Morgan fingerprint density at radius 1 is 1.31 bits per heavy atom. The van der Waals surface area contributed by atoms with Crippen molar-refractivity contribution in [1.29, 1.82) is 5.26 Å². The van der Waals surface area contributed by atoms with Crippen molar-refractivity contribution in [3.8, 4) is 6.07 Å². The first-order valence-corrected chi connectivity index (χ1v) is 6.64. The molecule has 0 spiro atoms. The number of nitrogens with one attached hydrogen (secondary N) is 1. The fourth-order valence-electron chi connectivity index (χ4n) is 2.46. The van der Waals surface area contributed by atoms with Crippen molar-refractivity contribution in [3.63, 3.8) is 0 Å². The van der Waals surface area contributed by atoms with Crippen LogP contribution in [0.5, 0.6) is 0 Å². The van der Waals surface area contributed by atoms with Gasteiger partial charge in [0.2, 0.25) is 0 Å². The SMILES string of the molecule is CC(CC#N)N1CCC(NCC2CC2)CC1. The number of likely N-dealkylation sites (tertiary alicyclic amines) is 1. The Hall–Kier alpha value is -0.590. The van der Waals surface area contributed by atoms with Gasteiger partial charge in [0.25, 0.3) is 0 Å². The van der Waals surface area contributed by atoms with E-state index in [-0.39, 0.29) is 0 Å². The van der Waals surface area contributed by atoms with Crippen molar-refractivity contribution >= 4 is 0 Å². The number of hydrogen-bond donors (Lipinski definition) is 1. The highest BCUT2D eigenvalue weighted by Gasteiger charge is 2.25. The molecule has 1 aliphatic carbocycles. The second-order valence-corrected chi connectivity index (χ2v) is 5.37. The van der Waals surface area contributed by atoms with Gasteiger partial charge in [-0.05, 0) is 58.2 Å². The molecule has 2 fully saturated rings. The molecule has 1 atom stereocenters. The van der Waals surface area contributed by atoms with E-state index in [0.29, 0.717) is 12.5 Å². The number of rotatable bonds is 5. The molecule has 16 heavy (non-hydrogen) atoms. The minimum absolute atomic E-state index is 0.439. The highest BCUT2D eigenvalue weighted by Crippen LogP contribution is 2.28. The zero-order valence-corrected chi connectivity index (χ0v) is 10.3. The van der Waals surface area contributed by atoms with E-state index in [1.807, 2.05) is 0 Å². The average Bonchev–Trinajstić information content (AvgIpc) is 3.11. The van der Waals surface area contributed by atoms with E-state index in [2.05, 4.69) is 23.2 Å². The molecule has 0 aromatic carbocycles. The van der Waals surface area contributed by atoms with Crippen molar-refractivity contribution in [2.24, 2.45) is 5.92 Å². The van der Waals surface area contributed by atoms with Gasteiger partial charge in [0.15, 0.2) is 0 Å². The summed E-state index contributed by atoms with van der Waals surface area (Å²) in [5.74, 6) is 0.982. The lowest BCUT2D eigenvalue weighted by atomic mass is 10.0. The molecule has 3 heteroatoms. The standard InChI is InChI=1S/C13H23N3/c1-11(4-7-14)16-8-5-13(6-9-16)15-10-12-2-3-12/h11-13,15H,2-6,8-10H2,1H3. The quantitative estimate of drug-likeness (QED) is 0.769. The van der Waals surface area contributed by atoms with Crippen LogP contribution in [0, 0.1) is 17.2 Å². The molecule has 1 aliphatic heterocycles. The minimum Gasteiger partial charge on any atom is -0.314 e. The number of piperidine rings is 1. The van der Waals surface area contributed by atoms with Gasteiger partial charge in [-0.25, -0.2) is 0 Å². The predicted molar refractivity (Wildman–Crippen MR) is 65.0 cm³/mol. The number of nitrogens with zero attached hydrogens (tertiary/aromatic N) is 2. The molecule has 90 valence electrons. The Morgan fingerprint density at radius 3 is 2.56 bits per heavy atom. The van der Waals surface area contributed by atoms with Crippen LogP contribution in [0.15, 0.2) is 0 Å². The number of nitriles is 1. The summed E-state index contributed by atoms with van der Waals surface area (Å²) >= 11 is 0. The summed E-state index contributed by atoms with van der Waals surface area (Å²) in [6, 6.07) is 3.43. The smallest absolute Gasteiger partial charge is 0.0638 e. The zero-order chi connectivity index (χ0) is 11.4. The van der Waals surface area contributed by atoms with Gasteiger partial charge in [-0.1, -0.05) is 0 Å². The van der Waals surface area contributed by atoms with Crippen LogP contribution in [-0.4, -0.2) is 36.6 Å². The summed E-state index contributed by atoms with van der Waals surface area (Å²) in [6.07, 6.45) is 6.04. The monoisotopic (exact) mass is 221 g/mol. The maximum atomic E-state index is 8.68. The molecule has 1 unspecified atom stereocenters. The van der Waals surface area contributed by atoms with Gasteiger partial charge >= 0.3 is 0 Å². The third-order valence-corrected chi connectivity index (χ3v) is 3.93. The first-order valence-electron chi connectivity index (χ1n) is 6.64. The largest absolute Gasteiger partial charge is 0.314 e. The highest BCUT2D eigenvalue weighted by atomic mass is 15.2. The first kappa shape index (κ1) is 11.9. The van der Waals surface area contributed by atoms with Gasteiger partial charge in [-0.2, -0.15) is 5.26 Å². The number of hydrogen-bond acceptors (Lipinski definition) is 3. The Bertz CT molecular complexity index is 246. The minimum atomic E-state index is 0.439. The van der Waals surface area contributed by atoms with E-state index >= 15 is 0 Å². The molecule has 0 amide bonds. The Labute approximate surface area is 98.8 Å². The van der Waals surface area contributed by atoms with Crippen LogP contribution in [0.4, 0.5) is 0 Å². The fraction of sp³-hybridized carbons (Fsp3) is 0.923. The Balaban J connectivity index is 1.63. The lowest BCUT2D eigenvalue weighted by Crippen LogP contribution is -2.46. The van der Waals surface area contributed by atoms with E-state index in [9.17, 15) is 0 Å². The van der Waals surface area contributed by atoms with E-state index in [0.717, 1.165) is 25.0 Å². The molecule has 2 aliphatic rings. The van der Waals surface area contributed by atoms with E-state index in [4.69, 9.17) is 5.26 Å². The van der Waals surface area contributed by atoms with Crippen LogP contribution in [0.1, 0.15) is 39.0 Å². The third-order valence-electron chi connectivity index (χ3n) is 3.93. The molecule has 1 N–H and O–H groups in total.